The maximum atomic E-state index is 11.6. The van der Waals surface area contributed by atoms with Gasteiger partial charge in [0, 0.05) is 27.0 Å². The predicted octanol–water partition coefficient (Wildman–Crippen LogP) is 0.767. The molecule has 2 aliphatic rings. The number of anilines is 1. The van der Waals surface area contributed by atoms with E-state index in [9.17, 15) is 4.79 Å². The Morgan fingerprint density at radius 3 is 3.00 bits per heavy atom. The van der Waals surface area contributed by atoms with E-state index in [-0.39, 0.29) is 29.9 Å². The molecular formula is C18H24N6O5S. The molecule has 0 bridgehead atoms. The first-order valence-electron chi connectivity index (χ1n) is 9.74. The number of carbonyl (C=O) groups is 1. The van der Waals surface area contributed by atoms with Gasteiger partial charge in [0.2, 0.25) is 0 Å². The lowest BCUT2D eigenvalue weighted by Gasteiger charge is -2.20. The van der Waals surface area contributed by atoms with Crippen molar-refractivity contribution >= 4 is 40.3 Å². The SMILES string of the molecule is CNC(=S)OC[C@H]1C[C@@H](OC(C)=O)[C@H](n2cnc3c(N[C@@H]4CCOC4)ncnc32)O1. The highest BCUT2D eigenvalue weighted by atomic mass is 32.1. The second-order valence-electron chi connectivity index (χ2n) is 7.13. The first kappa shape index (κ1) is 20.7. The Kier molecular flexibility index (Phi) is 6.25. The summed E-state index contributed by atoms with van der Waals surface area (Å²) >= 11 is 5.01. The van der Waals surface area contributed by atoms with Crippen LogP contribution in [0.1, 0.15) is 26.0 Å². The Hall–Kier alpha value is -2.57. The fraction of sp³-hybridized carbons (Fsp3) is 0.611. The van der Waals surface area contributed by atoms with Crippen molar-refractivity contribution in [2.45, 2.75) is 44.2 Å². The predicted molar refractivity (Wildman–Crippen MR) is 110 cm³/mol. The Morgan fingerprint density at radius 2 is 2.27 bits per heavy atom. The summed E-state index contributed by atoms with van der Waals surface area (Å²) in [5.41, 5.74) is 1.20. The largest absolute Gasteiger partial charge is 0.468 e. The molecule has 0 aromatic carbocycles. The number of esters is 1. The van der Waals surface area contributed by atoms with Crippen LogP contribution in [0, 0.1) is 0 Å². The lowest BCUT2D eigenvalue weighted by Crippen LogP contribution is -2.25. The fourth-order valence-corrected chi connectivity index (χ4v) is 3.68. The molecule has 2 fully saturated rings. The fourth-order valence-electron chi connectivity index (χ4n) is 3.61. The molecule has 4 rings (SSSR count). The third kappa shape index (κ3) is 4.45. The summed E-state index contributed by atoms with van der Waals surface area (Å²) in [5, 5.41) is 6.39. The Bertz CT molecular complexity index is 918. The van der Waals surface area contributed by atoms with Gasteiger partial charge >= 0.3 is 5.97 Å². The highest BCUT2D eigenvalue weighted by Gasteiger charge is 2.40. The third-order valence-corrected chi connectivity index (χ3v) is 5.29. The van der Waals surface area contributed by atoms with E-state index in [1.807, 2.05) is 0 Å². The number of ether oxygens (including phenoxy) is 4. The van der Waals surface area contributed by atoms with E-state index < -0.39 is 12.3 Å². The Labute approximate surface area is 178 Å². The number of nitrogens with zero attached hydrogens (tertiary/aromatic N) is 4. The van der Waals surface area contributed by atoms with Gasteiger partial charge in [0.25, 0.3) is 5.17 Å². The highest BCUT2D eigenvalue weighted by Crippen LogP contribution is 2.34. The van der Waals surface area contributed by atoms with Crippen molar-refractivity contribution in [2.75, 3.05) is 32.2 Å². The van der Waals surface area contributed by atoms with Crippen molar-refractivity contribution < 1.29 is 23.7 Å². The molecule has 2 aromatic heterocycles. The van der Waals surface area contributed by atoms with Gasteiger partial charge in [0.15, 0.2) is 23.2 Å². The normalized spacial score (nSPS) is 25.9. The number of hydrogen-bond donors (Lipinski definition) is 2. The van der Waals surface area contributed by atoms with Gasteiger partial charge in [-0.2, -0.15) is 0 Å². The van der Waals surface area contributed by atoms with Gasteiger partial charge in [0.1, 0.15) is 19.0 Å². The summed E-state index contributed by atoms with van der Waals surface area (Å²) in [6.07, 6.45) is 3.06. The molecule has 2 N–H and O–H groups in total. The number of rotatable bonds is 6. The Balaban J connectivity index is 1.56. The summed E-state index contributed by atoms with van der Waals surface area (Å²) < 4.78 is 24.3. The maximum Gasteiger partial charge on any atom is 0.303 e. The standard InChI is InChI=1S/C18H24N6O5S/c1-10(25)28-13-5-12(7-27-18(30)19-2)29-17(13)24-9-22-14-15(20-8-21-16(14)24)23-11-3-4-26-6-11/h8-9,11-13,17H,3-7H2,1-2H3,(H,19,30)(H,20,21,23)/t11-,12-,13-,17-/m1/s1. The average Bonchev–Trinajstić information content (AvgIpc) is 3.46. The van der Waals surface area contributed by atoms with Crippen molar-refractivity contribution in [3.8, 4) is 0 Å². The molecule has 12 heteroatoms. The monoisotopic (exact) mass is 436 g/mol. The first-order chi connectivity index (χ1) is 14.5. The minimum Gasteiger partial charge on any atom is -0.468 e. The number of fused-ring (bicyclic) bond motifs is 1. The molecule has 2 aromatic rings. The zero-order valence-electron chi connectivity index (χ0n) is 16.7. The number of hydrogen-bond acceptors (Lipinski definition) is 10. The zero-order chi connectivity index (χ0) is 21.1. The molecule has 30 heavy (non-hydrogen) atoms. The number of thiocarbonyl (C=S) groups is 1. The van der Waals surface area contributed by atoms with Crippen LogP contribution in [0.5, 0.6) is 0 Å². The lowest BCUT2D eigenvalue weighted by atomic mass is 10.2. The number of imidazole rings is 1. The molecule has 0 radical (unpaired) electrons. The van der Waals surface area contributed by atoms with Gasteiger partial charge in [-0.3, -0.25) is 9.36 Å². The molecule has 2 aliphatic heterocycles. The topological polar surface area (TPSA) is 122 Å². The van der Waals surface area contributed by atoms with Crippen LogP contribution in [0.2, 0.25) is 0 Å². The molecule has 0 aliphatic carbocycles. The van der Waals surface area contributed by atoms with E-state index in [2.05, 4.69) is 25.6 Å². The van der Waals surface area contributed by atoms with Crippen LogP contribution < -0.4 is 10.6 Å². The van der Waals surface area contributed by atoms with E-state index in [1.54, 1.807) is 17.9 Å². The highest BCUT2D eigenvalue weighted by molar-refractivity contribution is 7.80. The maximum absolute atomic E-state index is 11.6. The van der Waals surface area contributed by atoms with Crippen LogP contribution in [-0.4, -0.2) is 75.8 Å². The average molecular weight is 436 g/mol. The molecule has 0 unspecified atom stereocenters. The number of nitrogens with one attached hydrogen (secondary N) is 2. The van der Waals surface area contributed by atoms with Crippen LogP contribution >= 0.6 is 12.2 Å². The van der Waals surface area contributed by atoms with E-state index in [4.69, 9.17) is 31.2 Å². The van der Waals surface area contributed by atoms with Crippen LogP contribution in [0.3, 0.4) is 0 Å². The second kappa shape index (κ2) is 9.06. The summed E-state index contributed by atoms with van der Waals surface area (Å²) in [5.74, 6) is 0.249. The van der Waals surface area contributed by atoms with Crippen molar-refractivity contribution in [1.82, 2.24) is 24.8 Å². The van der Waals surface area contributed by atoms with Gasteiger partial charge in [-0.05, 0) is 18.6 Å². The summed E-state index contributed by atoms with van der Waals surface area (Å²) in [6, 6.07) is 0.183. The number of carbonyl (C=O) groups excluding carboxylic acids is 1. The Morgan fingerprint density at radius 1 is 1.40 bits per heavy atom. The molecule has 162 valence electrons. The minimum absolute atomic E-state index is 0.183. The van der Waals surface area contributed by atoms with Crippen LogP contribution in [0.25, 0.3) is 11.2 Å². The van der Waals surface area contributed by atoms with Crippen molar-refractivity contribution in [1.29, 1.82) is 0 Å². The number of aromatic nitrogens is 4. The van der Waals surface area contributed by atoms with Crippen LogP contribution in [-0.2, 0) is 23.7 Å². The summed E-state index contributed by atoms with van der Waals surface area (Å²) in [6.45, 7) is 2.96. The van der Waals surface area contributed by atoms with E-state index in [0.29, 0.717) is 30.0 Å². The minimum atomic E-state index is -0.590. The van der Waals surface area contributed by atoms with Gasteiger partial charge in [-0.1, -0.05) is 0 Å². The summed E-state index contributed by atoms with van der Waals surface area (Å²) in [4.78, 5) is 24.8. The molecule has 4 heterocycles. The van der Waals surface area contributed by atoms with Gasteiger partial charge < -0.3 is 29.6 Å². The lowest BCUT2D eigenvalue weighted by molar-refractivity contribution is -0.152. The van der Waals surface area contributed by atoms with Crippen molar-refractivity contribution in [3.05, 3.63) is 12.7 Å². The van der Waals surface area contributed by atoms with E-state index >= 15 is 0 Å². The molecule has 0 spiro atoms. The van der Waals surface area contributed by atoms with E-state index in [1.165, 1.54) is 13.3 Å². The van der Waals surface area contributed by atoms with Crippen LogP contribution in [0.15, 0.2) is 12.7 Å². The van der Waals surface area contributed by atoms with Crippen LogP contribution in [0.4, 0.5) is 5.82 Å². The van der Waals surface area contributed by atoms with Crippen molar-refractivity contribution in [3.63, 3.8) is 0 Å². The smallest absolute Gasteiger partial charge is 0.303 e. The van der Waals surface area contributed by atoms with Crippen molar-refractivity contribution in [2.24, 2.45) is 0 Å². The first-order valence-corrected chi connectivity index (χ1v) is 10.1. The summed E-state index contributed by atoms with van der Waals surface area (Å²) in [7, 11) is 1.68. The zero-order valence-corrected chi connectivity index (χ0v) is 17.6. The van der Waals surface area contributed by atoms with E-state index in [0.717, 1.165) is 13.0 Å². The van der Waals surface area contributed by atoms with Gasteiger partial charge in [0.05, 0.1) is 25.1 Å². The van der Waals surface area contributed by atoms with Gasteiger partial charge in [-0.15, -0.1) is 0 Å². The second-order valence-corrected chi connectivity index (χ2v) is 7.50. The third-order valence-electron chi connectivity index (χ3n) is 4.97. The molecule has 0 saturated carbocycles. The molecule has 4 atom stereocenters. The molecule has 11 nitrogen and oxygen atoms in total. The molecule has 0 amide bonds. The van der Waals surface area contributed by atoms with Gasteiger partial charge in [-0.25, -0.2) is 15.0 Å². The molecule has 2 saturated heterocycles. The molecular weight excluding hydrogens is 412 g/mol. The quantitative estimate of drug-likeness (QED) is 0.493.